The van der Waals surface area contributed by atoms with Gasteiger partial charge in [-0.15, -0.1) is 0 Å². The first-order valence-corrected chi connectivity index (χ1v) is 6.05. The highest BCUT2D eigenvalue weighted by Crippen LogP contribution is 2.46. The molecule has 1 aromatic carbocycles. The van der Waals surface area contributed by atoms with Crippen molar-refractivity contribution in [2.45, 2.75) is 12.0 Å². The van der Waals surface area contributed by atoms with Crippen LogP contribution >= 0.6 is 0 Å². The van der Waals surface area contributed by atoms with Crippen molar-refractivity contribution in [1.29, 1.82) is 0 Å². The molecule has 0 aromatic heterocycles. The van der Waals surface area contributed by atoms with Gasteiger partial charge in [0.2, 0.25) is 0 Å². The lowest BCUT2D eigenvalue weighted by Gasteiger charge is -2.20. The second-order valence-electron chi connectivity index (χ2n) is 4.71. The van der Waals surface area contributed by atoms with Crippen LogP contribution in [0.15, 0.2) is 24.3 Å². The Morgan fingerprint density at radius 2 is 2.06 bits per heavy atom. The van der Waals surface area contributed by atoms with Crippen molar-refractivity contribution in [3.63, 3.8) is 0 Å². The first kappa shape index (κ1) is 10.3. The summed E-state index contributed by atoms with van der Waals surface area (Å²) in [6.07, 6.45) is 0. The average Bonchev–Trinajstić information content (AvgIpc) is 2.87. The summed E-state index contributed by atoms with van der Waals surface area (Å²) in [5, 5.41) is 15.9. The summed E-state index contributed by atoms with van der Waals surface area (Å²) in [6.45, 7) is 3.08. The zero-order valence-electron chi connectivity index (χ0n) is 9.32. The van der Waals surface area contributed by atoms with Crippen LogP contribution in [-0.2, 0) is 0 Å². The van der Waals surface area contributed by atoms with Gasteiger partial charge in [-0.05, 0) is 17.0 Å². The second-order valence-corrected chi connectivity index (χ2v) is 4.71. The van der Waals surface area contributed by atoms with Crippen molar-refractivity contribution in [3.05, 3.63) is 35.4 Å². The zero-order valence-corrected chi connectivity index (χ0v) is 9.32. The van der Waals surface area contributed by atoms with Crippen molar-refractivity contribution in [1.82, 2.24) is 10.6 Å². The van der Waals surface area contributed by atoms with Crippen LogP contribution in [0.2, 0.25) is 0 Å². The molecule has 1 aliphatic carbocycles. The molecule has 16 heavy (non-hydrogen) atoms. The van der Waals surface area contributed by atoms with E-state index in [1.165, 1.54) is 11.1 Å². The summed E-state index contributed by atoms with van der Waals surface area (Å²) in [5.74, 6) is 1.32. The molecule has 1 fully saturated rings. The predicted molar refractivity (Wildman–Crippen MR) is 63.4 cm³/mol. The number of hydrogen-bond acceptors (Lipinski definition) is 3. The van der Waals surface area contributed by atoms with Gasteiger partial charge in [0.25, 0.3) is 0 Å². The molecule has 1 heterocycles. The Hall–Kier alpha value is -0.900. The van der Waals surface area contributed by atoms with Crippen LogP contribution in [0.5, 0.6) is 0 Å². The quantitative estimate of drug-likeness (QED) is 0.697. The molecular weight excluding hydrogens is 200 g/mol. The molecule has 1 saturated heterocycles. The lowest BCUT2D eigenvalue weighted by Crippen LogP contribution is -2.29. The van der Waals surface area contributed by atoms with Gasteiger partial charge in [-0.3, -0.25) is 0 Å². The molecule has 1 unspecified atom stereocenters. The average molecular weight is 218 g/mol. The van der Waals surface area contributed by atoms with E-state index in [0.29, 0.717) is 24.4 Å². The number of rotatable bonds is 3. The lowest BCUT2D eigenvalue weighted by atomic mass is 9.94. The predicted octanol–water partition coefficient (Wildman–Crippen LogP) is 0.626. The minimum Gasteiger partial charge on any atom is -0.395 e. The van der Waals surface area contributed by atoms with Crippen molar-refractivity contribution >= 4 is 0 Å². The molecule has 1 aliphatic heterocycles. The van der Waals surface area contributed by atoms with E-state index in [4.69, 9.17) is 5.11 Å². The fourth-order valence-electron chi connectivity index (χ4n) is 3.23. The van der Waals surface area contributed by atoms with Crippen LogP contribution in [-0.4, -0.2) is 31.3 Å². The summed E-state index contributed by atoms with van der Waals surface area (Å²) in [5.41, 5.74) is 2.93. The van der Waals surface area contributed by atoms with Gasteiger partial charge in [-0.25, -0.2) is 0 Å². The first-order valence-electron chi connectivity index (χ1n) is 6.05. The Morgan fingerprint density at radius 3 is 2.88 bits per heavy atom. The summed E-state index contributed by atoms with van der Waals surface area (Å²) in [6, 6.07) is 9.13. The maximum absolute atomic E-state index is 8.94. The van der Waals surface area contributed by atoms with Gasteiger partial charge in [-0.1, -0.05) is 24.3 Å². The molecule has 1 aromatic rings. The van der Waals surface area contributed by atoms with Gasteiger partial charge in [0.1, 0.15) is 0 Å². The van der Waals surface area contributed by atoms with Gasteiger partial charge in [0, 0.05) is 31.6 Å². The maximum Gasteiger partial charge on any atom is 0.0556 e. The minimum absolute atomic E-state index is 0.212. The van der Waals surface area contributed by atoms with Gasteiger partial charge < -0.3 is 15.7 Å². The van der Waals surface area contributed by atoms with Crippen molar-refractivity contribution in [3.8, 4) is 0 Å². The summed E-state index contributed by atoms with van der Waals surface area (Å²) in [4.78, 5) is 0. The van der Waals surface area contributed by atoms with Crippen LogP contribution in [0.25, 0.3) is 0 Å². The third-order valence-electron chi connectivity index (χ3n) is 3.90. The second kappa shape index (κ2) is 4.17. The van der Waals surface area contributed by atoms with Crippen molar-refractivity contribution in [2.75, 3.05) is 26.2 Å². The van der Waals surface area contributed by atoms with Gasteiger partial charge in [-0.2, -0.15) is 0 Å². The largest absolute Gasteiger partial charge is 0.395 e. The summed E-state index contributed by atoms with van der Waals surface area (Å²) < 4.78 is 0. The first-order chi connectivity index (χ1) is 7.92. The van der Waals surface area contributed by atoms with E-state index in [-0.39, 0.29) is 6.61 Å². The number of aliphatic hydroxyl groups excluding tert-OH is 1. The van der Waals surface area contributed by atoms with E-state index in [1.807, 2.05) is 0 Å². The highest BCUT2D eigenvalue weighted by molar-refractivity contribution is 5.41. The maximum atomic E-state index is 8.94. The third-order valence-corrected chi connectivity index (χ3v) is 3.90. The van der Waals surface area contributed by atoms with E-state index < -0.39 is 0 Å². The van der Waals surface area contributed by atoms with Crippen LogP contribution < -0.4 is 10.6 Å². The van der Waals surface area contributed by atoms with Gasteiger partial charge in [0.05, 0.1) is 6.61 Å². The molecular formula is C13H18N2O. The molecule has 86 valence electrons. The van der Waals surface area contributed by atoms with Crippen LogP contribution in [0, 0.1) is 5.92 Å². The number of hydrogen-bond donors (Lipinski definition) is 3. The van der Waals surface area contributed by atoms with Crippen LogP contribution in [0.1, 0.15) is 23.1 Å². The van der Waals surface area contributed by atoms with Crippen LogP contribution in [0.4, 0.5) is 0 Å². The van der Waals surface area contributed by atoms with E-state index >= 15 is 0 Å². The monoisotopic (exact) mass is 218 g/mol. The molecule has 0 amide bonds. The number of aliphatic hydroxyl groups is 1. The molecule has 0 saturated carbocycles. The highest BCUT2D eigenvalue weighted by Gasteiger charge is 2.42. The van der Waals surface area contributed by atoms with Gasteiger partial charge >= 0.3 is 0 Å². The summed E-state index contributed by atoms with van der Waals surface area (Å²) >= 11 is 0. The highest BCUT2D eigenvalue weighted by atomic mass is 16.3. The minimum atomic E-state index is 0.212. The smallest absolute Gasteiger partial charge is 0.0556 e. The van der Waals surface area contributed by atoms with E-state index in [0.717, 1.165) is 13.1 Å². The molecule has 2 aliphatic rings. The summed E-state index contributed by atoms with van der Waals surface area (Å²) in [7, 11) is 0. The molecule has 0 bridgehead atoms. The van der Waals surface area contributed by atoms with E-state index in [9.17, 15) is 0 Å². The fourth-order valence-corrected chi connectivity index (χ4v) is 3.23. The third kappa shape index (κ3) is 1.47. The number of benzene rings is 1. The Bertz CT molecular complexity index is 380. The molecule has 0 radical (unpaired) electrons. The normalized spacial score (nSPS) is 31.4. The topological polar surface area (TPSA) is 44.3 Å². The molecule has 3 nitrogen and oxygen atoms in total. The molecule has 0 spiro atoms. The van der Waals surface area contributed by atoms with Crippen LogP contribution in [0.3, 0.4) is 0 Å². The Balaban J connectivity index is 1.92. The van der Waals surface area contributed by atoms with Gasteiger partial charge in [0.15, 0.2) is 0 Å². The molecule has 3 atom stereocenters. The standard InChI is InChI=1S/C13H18N2O/c16-6-5-15-13-10-4-2-1-3-9(10)11-7-14-8-12(11)13/h1-4,11-16H,5-8H2/t11-,12-,13?/m0/s1. The van der Waals surface area contributed by atoms with E-state index in [2.05, 4.69) is 34.9 Å². The Morgan fingerprint density at radius 1 is 1.25 bits per heavy atom. The SMILES string of the molecule is OCCNC1c2ccccc2[C@@H]2CNC[C@H]12. The Kier molecular flexibility index (Phi) is 2.67. The van der Waals surface area contributed by atoms with Crippen molar-refractivity contribution < 1.29 is 5.11 Å². The lowest BCUT2D eigenvalue weighted by molar-refractivity contribution is 0.273. The fraction of sp³-hybridized carbons (Fsp3) is 0.538. The zero-order chi connectivity index (χ0) is 11.0. The Labute approximate surface area is 95.9 Å². The molecule has 3 N–H and O–H groups in total. The number of nitrogens with one attached hydrogen (secondary N) is 2. The number of fused-ring (bicyclic) bond motifs is 3. The van der Waals surface area contributed by atoms with E-state index in [1.54, 1.807) is 0 Å². The van der Waals surface area contributed by atoms with Crippen molar-refractivity contribution in [2.24, 2.45) is 5.92 Å². The molecule has 3 heteroatoms. The molecule has 3 rings (SSSR count).